The van der Waals surface area contributed by atoms with Gasteiger partial charge in [0.2, 0.25) is 0 Å². The minimum Gasteiger partial charge on any atom is -0.310 e. The van der Waals surface area contributed by atoms with E-state index in [0.717, 1.165) is 17.1 Å². The average Bonchev–Trinajstić information content (AvgIpc) is 4.45. The molecule has 1 nitrogen and oxygen atoms in total. The molecular weight excluding hydrogens is 915 g/mol. The van der Waals surface area contributed by atoms with Crippen LogP contribution in [0.2, 0.25) is 0 Å². The van der Waals surface area contributed by atoms with Gasteiger partial charge in [-0.1, -0.05) is 237 Å². The fourth-order valence-electron chi connectivity index (χ4n) is 16.1. The molecule has 0 fully saturated rings. The highest BCUT2D eigenvalue weighted by atomic mass is 15.1. The van der Waals surface area contributed by atoms with Gasteiger partial charge in [0.1, 0.15) is 0 Å². The molecule has 12 aromatic carbocycles. The summed E-state index contributed by atoms with van der Waals surface area (Å²) in [6.07, 6.45) is 0. The molecule has 0 aromatic heterocycles. The first kappa shape index (κ1) is 40.9. The van der Waals surface area contributed by atoms with Crippen LogP contribution in [-0.4, -0.2) is 0 Å². The lowest BCUT2D eigenvalue weighted by Crippen LogP contribution is -2.27. The summed E-state index contributed by atoms with van der Waals surface area (Å²) < 4.78 is 0. The van der Waals surface area contributed by atoms with Crippen molar-refractivity contribution in [3.05, 3.63) is 340 Å². The maximum Gasteiger partial charge on any atom is 0.0726 e. The fourth-order valence-corrected chi connectivity index (χ4v) is 16.1. The molecule has 0 N–H and O–H groups in total. The maximum atomic E-state index is 2.59. The second kappa shape index (κ2) is 14.4. The first-order valence-corrected chi connectivity index (χ1v) is 26.8. The van der Waals surface area contributed by atoms with Crippen molar-refractivity contribution in [3.63, 3.8) is 0 Å². The molecule has 350 valence electrons. The fraction of sp³-hybridized carbons (Fsp3) is 0.0400. The van der Waals surface area contributed by atoms with Gasteiger partial charge in [0, 0.05) is 17.1 Å². The van der Waals surface area contributed by atoms with Gasteiger partial charge in [-0.25, -0.2) is 0 Å². The van der Waals surface area contributed by atoms with E-state index in [4.69, 9.17) is 0 Å². The Bertz CT molecular complexity index is 3920. The van der Waals surface area contributed by atoms with Crippen LogP contribution in [0.1, 0.15) is 66.8 Å². The van der Waals surface area contributed by atoms with Crippen molar-refractivity contribution in [2.75, 3.05) is 4.90 Å². The smallest absolute Gasteiger partial charge is 0.0726 e. The Morgan fingerprint density at radius 3 is 0.500 bits per heavy atom. The van der Waals surface area contributed by atoms with E-state index in [-0.39, 0.29) is 0 Å². The van der Waals surface area contributed by atoms with Crippen molar-refractivity contribution < 1.29 is 0 Å². The minimum atomic E-state index is -0.497. The summed E-state index contributed by atoms with van der Waals surface area (Å²) in [5.74, 6) is 0. The SMILES string of the molecule is c1ccc2c(c1)-c1ccccc1C21c2ccccc2-c2ccc(N(c3ccc4c(c3)C3(c5ccccc5-c5ccccc53)c3ccccc3-4)c3ccc4c(c3)C3(c5ccccc5-c5ccccc53)c3ccccc3-4)cc21. The molecule has 0 radical (unpaired) electrons. The largest absolute Gasteiger partial charge is 0.310 e. The molecule has 18 rings (SSSR count). The molecule has 0 bridgehead atoms. The van der Waals surface area contributed by atoms with Crippen LogP contribution in [0.5, 0.6) is 0 Å². The molecule has 6 aliphatic rings. The van der Waals surface area contributed by atoms with Crippen LogP contribution in [0.4, 0.5) is 17.1 Å². The monoisotopic (exact) mass is 959 g/mol. The average molecular weight is 960 g/mol. The van der Waals surface area contributed by atoms with Crippen LogP contribution < -0.4 is 4.90 Å². The zero-order valence-electron chi connectivity index (χ0n) is 41.4. The first-order chi connectivity index (χ1) is 37.7. The molecule has 1 heteroatoms. The molecule has 76 heavy (non-hydrogen) atoms. The van der Waals surface area contributed by atoms with E-state index in [0.29, 0.717) is 0 Å². The molecule has 12 aromatic rings. The first-order valence-electron chi connectivity index (χ1n) is 26.8. The zero-order valence-corrected chi connectivity index (χ0v) is 41.4. The standard InChI is InChI=1S/C75H45N/c1-10-28-61-49(19-1)50-20-2-11-29-62(50)73(61)67-34-16-7-25-55(67)58-40-37-46(43-70(58)73)76(47-38-41-59-56-26-8-17-35-68(56)74(71(59)44-47)63-30-12-3-21-51(63)52-22-4-13-31-64(52)74)48-39-42-60-57-27-9-18-36-69(57)75(72(60)45-48)65-32-14-5-23-53(65)54-24-6-15-33-66(54)75/h1-45H. The van der Waals surface area contributed by atoms with E-state index in [1.54, 1.807) is 0 Å². The number of hydrogen-bond donors (Lipinski definition) is 0. The molecule has 0 atom stereocenters. The van der Waals surface area contributed by atoms with Gasteiger partial charge < -0.3 is 4.90 Å². The maximum absolute atomic E-state index is 2.59. The van der Waals surface area contributed by atoms with Crippen LogP contribution in [0.15, 0.2) is 273 Å². The van der Waals surface area contributed by atoms with Gasteiger partial charge >= 0.3 is 0 Å². The Kier molecular flexibility index (Phi) is 7.74. The summed E-state index contributed by atoms with van der Waals surface area (Å²) in [5, 5.41) is 0. The number of rotatable bonds is 3. The van der Waals surface area contributed by atoms with E-state index in [2.05, 4.69) is 278 Å². The molecular formula is C75H45N. The normalized spacial score (nSPS) is 15.2. The summed E-state index contributed by atoms with van der Waals surface area (Å²) >= 11 is 0. The lowest BCUT2D eigenvalue weighted by molar-refractivity contribution is 0.791. The molecule has 6 aliphatic carbocycles. The van der Waals surface area contributed by atoms with Crippen LogP contribution in [0.25, 0.3) is 66.8 Å². The second-order valence-electron chi connectivity index (χ2n) is 21.7. The van der Waals surface area contributed by atoms with Crippen LogP contribution in [0.3, 0.4) is 0 Å². The molecule has 3 spiro atoms. The van der Waals surface area contributed by atoms with Crippen LogP contribution >= 0.6 is 0 Å². The number of anilines is 3. The van der Waals surface area contributed by atoms with Crippen molar-refractivity contribution in [3.8, 4) is 66.8 Å². The quantitative estimate of drug-likeness (QED) is 0.171. The van der Waals surface area contributed by atoms with Gasteiger partial charge in [-0.3, -0.25) is 0 Å². The third-order valence-corrected chi connectivity index (χ3v) is 18.7. The molecule has 0 unspecified atom stereocenters. The predicted molar refractivity (Wildman–Crippen MR) is 310 cm³/mol. The number of hydrogen-bond acceptors (Lipinski definition) is 1. The van der Waals surface area contributed by atoms with E-state index in [1.807, 2.05) is 0 Å². The van der Waals surface area contributed by atoms with E-state index < -0.39 is 16.2 Å². The van der Waals surface area contributed by atoms with Crippen molar-refractivity contribution in [1.29, 1.82) is 0 Å². The van der Waals surface area contributed by atoms with Gasteiger partial charge in [0.05, 0.1) is 16.2 Å². The third-order valence-electron chi connectivity index (χ3n) is 18.7. The van der Waals surface area contributed by atoms with Crippen molar-refractivity contribution in [1.82, 2.24) is 0 Å². The van der Waals surface area contributed by atoms with Gasteiger partial charge in [-0.15, -0.1) is 0 Å². The highest BCUT2D eigenvalue weighted by Gasteiger charge is 2.55. The number of nitrogens with zero attached hydrogens (tertiary/aromatic N) is 1. The third kappa shape index (κ3) is 4.64. The Hall–Kier alpha value is -9.56. The van der Waals surface area contributed by atoms with Gasteiger partial charge in [0.25, 0.3) is 0 Å². The van der Waals surface area contributed by atoms with Gasteiger partial charge in [-0.2, -0.15) is 0 Å². The highest BCUT2D eigenvalue weighted by molar-refractivity contribution is 6.01. The summed E-state index contributed by atoms with van der Waals surface area (Å²) in [5.41, 5.74) is 33.6. The van der Waals surface area contributed by atoms with Gasteiger partial charge in [-0.05, 0) is 170 Å². The summed E-state index contributed by atoms with van der Waals surface area (Å²) in [6.45, 7) is 0. The second-order valence-corrected chi connectivity index (χ2v) is 21.7. The summed E-state index contributed by atoms with van der Waals surface area (Å²) in [7, 11) is 0. The zero-order chi connectivity index (χ0) is 49.5. The molecule has 0 aliphatic heterocycles. The Morgan fingerprint density at radius 1 is 0.158 bits per heavy atom. The number of fused-ring (bicyclic) bond motifs is 30. The Morgan fingerprint density at radius 2 is 0.316 bits per heavy atom. The lowest BCUT2D eigenvalue weighted by Gasteiger charge is -2.34. The van der Waals surface area contributed by atoms with E-state index in [9.17, 15) is 0 Å². The van der Waals surface area contributed by atoms with E-state index in [1.165, 1.54) is 134 Å². The minimum absolute atomic E-state index is 0.497. The molecule has 0 saturated carbocycles. The lowest BCUT2D eigenvalue weighted by atomic mass is 9.70. The Labute approximate surface area is 442 Å². The Balaban J connectivity index is 0.939. The van der Waals surface area contributed by atoms with Crippen LogP contribution in [0, 0.1) is 0 Å². The van der Waals surface area contributed by atoms with E-state index >= 15 is 0 Å². The van der Waals surface area contributed by atoms with Crippen molar-refractivity contribution in [2.45, 2.75) is 16.2 Å². The summed E-state index contributed by atoms with van der Waals surface area (Å²) in [6, 6.07) is 105. The van der Waals surface area contributed by atoms with Crippen molar-refractivity contribution >= 4 is 17.1 Å². The van der Waals surface area contributed by atoms with Gasteiger partial charge in [0.15, 0.2) is 0 Å². The van der Waals surface area contributed by atoms with Crippen LogP contribution in [-0.2, 0) is 16.2 Å². The highest BCUT2D eigenvalue weighted by Crippen LogP contribution is 2.67. The summed E-state index contributed by atoms with van der Waals surface area (Å²) in [4.78, 5) is 2.59. The predicted octanol–water partition coefficient (Wildman–Crippen LogP) is 18.2. The number of benzene rings is 12. The molecule has 0 saturated heterocycles. The topological polar surface area (TPSA) is 3.24 Å². The molecule has 0 amide bonds. The molecule has 0 heterocycles. The van der Waals surface area contributed by atoms with Crippen molar-refractivity contribution in [2.24, 2.45) is 0 Å².